The summed E-state index contributed by atoms with van der Waals surface area (Å²) in [6, 6.07) is 12.4. The molecular formula is C20H18FNO4. The van der Waals surface area contributed by atoms with Gasteiger partial charge in [-0.2, -0.15) is 0 Å². The molecule has 0 fully saturated rings. The molecule has 0 saturated heterocycles. The summed E-state index contributed by atoms with van der Waals surface area (Å²) in [6.45, 7) is 1.49. The summed E-state index contributed by atoms with van der Waals surface area (Å²) in [6.07, 6.45) is 0.0531. The number of carbonyl (C=O) groups is 3. The number of nitrogens with zero attached hydrogens (tertiary/aromatic N) is 1. The van der Waals surface area contributed by atoms with Gasteiger partial charge in [-0.3, -0.25) is 14.5 Å². The van der Waals surface area contributed by atoms with Crippen LogP contribution in [0.1, 0.15) is 28.4 Å². The van der Waals surface area contributed by atoms with Crippen molar-refractivity contribution in [2.24, 2.45) is 0 Å². The lowest BCUT2D eigenvalue weighted by Crippen LogP contribution is -2.61. The van der Waals surface area contributed by atoms with Crippen molar-refractivity contribution in [1.29, 1.82) is 0 Å². The topological polar surface area (TPSA) is 63.7 Å². The van der Waals surface area contributed by atoms with Crippen molar-refractivity contribution in [1.82, 2.24) is 4.90 Å². The van der Waals surface area contributed by atoms with E-state index in [0.29, 0.717) is 16.7 Å². The van der Waals surface area contributed by atoms with Crippen molar-refractivity contribution in [2.75, 3.05) is 7.11 Å². The van der Waals surface area contributed by atoms with Crippen molar-refractivity contribution >= 4 is 17.8 Å². The van der Waals surface area contributed by atoms with E-state index in [9.17, 15) is 18.8 Å². The van der Waals surface area contributed by atoms with Crippen molar-refractivity contribution in [2.45, 2.75) is 25.3 Å². The minimum atomic E-state index is -1.53. The van der Waals surface area contributed by atoms with E-state index in [1.807, 2.05) is 0 Å². The molecule has 0 aliphatic carbocycles. The predicted molar refractivity (Wildman–Crippen MR) is 91.8 cm³/mol. The molecule has 26 heavy (non-hydrogen) atoms. The van der Waals surface area contributed by atoms with Crippen molar-refractivity contribution in [3.63, 3.8) is 0 Å². The number of fused-ring (bicyclic) bond motifs is 1. The van der Waals surface area contributed by atoms with Crippen LogP contribution in [0.2, 0.25) is 0 Å². The Kier molecular flexibility index (Phi) is 4.59. The third-order valence-corrected chi connectivity index (χ3v) is 4.62. The second-order valence-electron chi connectivity index (χ2n) is 6.44. The first-order valence-corrected chi connectivity index (χ1v) is 8.15. The quantitative estimate of drug-likeness (QED) is 0.625. The van der Waals surface area contributed by atoms with Gasteiger partial charge in [-0.15, -0.1) is 0 Å². The summed E-state index contributed by atoms with van der Waals surface area (Å²) < 4.78 is 18.1. The highest BCUT2D eigenvalue weighted by Crippen LogP contribution is 2.30. The van der Waals surface area contributed by atoms with E-state index in [0.717, 1.165) is 4.90 Å². The number of hydrogen-bond donors (Lipinski definition) is 0. The fraction of sp³-hybridized carbons (Fsp3) is 0.250. The van der Waals surface area contributed by atoms with Crippen LogP contribution in [0.15, 0.2) is 48.5 Å². The van der Waals surface area contributed by atoms with Crippen molar-refractivity contribution in [3.05, 3.63) is 71.0 Å². The zero-order valence-corrected chi connectivity index (χ0v) is 14.5. The van der Waals surface area contributed by atoms with E-state index in [2.05, 4.69) is 0 Å². The van der Waals surface area contributed by atoms with Gasteiger partial charge < -0.3 is 4.74 Å². The molecule has 0 spiro atoms. The monoisotopic (exact) mass is 355 g/mol. The van der Waals surface area contributed by atoms with E-state index < -0.39 is 29.1 Å². The molecular weight excluding hydrogens is 337 g/mol. The van der Waals surface area contributed by atoms with Crippen LogP contribution in [0.5, 0.6) is 0 Å². The Morgan fingerprint density at radius 3 is 2.46 bits per heavy atom. The summed E-state index contributed by atoms with van der Waals surface area (Å²) in [4.78, 5) is 39.2. The van der Waals surface area contributed by atoms with Gasteiger partial charge in [-0.1, -0.05) is 30.3 Å². The molecule has 0 saturated carbocycles. The fourth-order valence-corrected chi connectivity index (χ4v) is 3.32. The Morgan fingerprint density at radius 1 is 1.15 bits per heavy atom. The lowest BCUT2D eigenvalue weighted by atomic mass is 9.87. The van der Waals surface area contributed by atoms with Crippen LogP contribution in [0, 0.1) is 5.82 Å². The molecule has 0 bridgehead atoms. The molecule has 3 rings (SSSR count). The van der Waals surface area contributed by atoms with Gasteiger partial charge in [0.25, 0.3) is 5.91 Å². The number of methoxy groups -OCH3 is 1. The van der Waals surface area contributed by atoms with Crippen LogP contribution in [-0.4, -0.2) is 35.3 Å². The van der Waals surface area contributed by atoms with Gasteiger partial charge >= 0.3 is 5.97 Å². The number of imide groups is 1. The Balaban J connectivity index is 2.04. The Bertz CT molecular complexity index is 878. The number of amides is 2. The van der Waals surface area contributed by atoms with Gasteiger partial charge in [-0.25, -0.2) is 9.18 Å². The predicted octanol–water partition coefficient (Wildman–Crippen LogP) is 2.53. The van der Waals surface area contributed by atoms with E-state index in [1.54, 1.807) is 24.3 Å². The lowest BCUT2D eigenvalue weighted by molar-refractivity contribution is -0.158. The average Bonchev–Trinajstić information content (AvgIpc) is 2.63. The number of rotatable bonds is 4. The van der Waals surface area contributed by atoms with Crippen molar-refractivity contribution in [3.8, 4) is 0 Å². The summed E-state index contributed by atoms with van der Waals surface area (Å²) in [5, 5.41) is 0. The molecule has 0 aromatic heterocycles. The smallest absolute Gasteiger partial charge is 0.332 e. The first-order chi connectivity index (χ1) is 12.4. The second-order valence-corrected chi connectivity index (χ2v) is 6.44. The van der Waals surface area contributed by atoms with Crippen LogP contribution in [-0.2, 0) is 27.2 Å². The highest BCUT2D eigenvalue weighted by Gasteiger charge is 2.49. The van der Waals surface area contributed by atoms with Gasteiger partial charge in [-0.05, 0) is 36.2 Å². The summed E-state index contributed by atoms with van der Waals surface area (Å²) in [7, 11) is 1.21. The van der Waals surface area contributed by atoms with E-state index >= 15 is 0 Å². The molecule has 1 atom stereocenters. The third-order valence-electron chi connectivity index (χ3n) is 4.62. The van der Waals surface area contributed by atoms with Crippen LogP contribution in [0.4, 0.5) is 4.39 Å². The fourth-order valence-electron chi connectivity index (χ4n) is 3.32. The number of hydrogen-bond acceptors (Lipinski definition) is 4. The van der Waals surface area contributed by atoms with Crippen LogP contribution in [0.25, 0.3) is 0 Å². The number of halogens is 1. The van der Waals surface area contributed by atoms with Gasteiger partial charge in [0, 0.05) is 12.0 Å². The minimum Gasteiger partial charge on any atom is -0.467 e. The largest absolute Gasteiger partial charge is 0.467 e. The average molecular weight is 355 g/mol. The summed E-state index contributed by atoms with van der Waals surface area (Å²) in [5.41, 5.74) is 0.0988. The number of carbonyl (C=O) groups excluding carboxylic acids is 3. The SMILES string of the molecule is COC(=O)C(C)(Cc1ccc(F)cc1)N1C(=O)Cc2ccccc2C1=O. The zero-order chi connectivity index (χ0) is 18.9. The van der Waals surface area contributed by atoms with Gasteiger partial charge in [0.05, 0.1) is 13.5 Å². The first kappa shape index (κ1) is 17.8. The van der Waals surface area contributed by atoms with Crippen LogP contribution < -0.4 is 0 Å². The number of esters is 1. The highest BCUT2D eigenvalue weighted by molar-refractivity contribution is 6.12. The maximum atomic E-state index is 13.2. The lowest BCUT2D eigenvalue weighted by Gasteiger charge is -2.40. The highest BCUT2D eigenvalue weighted by atomic mass is 19.1. The minimum absolute atomic E-state index is 0.0257. The van der Waals surface area contributed by atoms with Gasteiger partial charge in [0.1, 0.15) is 11.4 Å². The normalized spacial score (nSPS) is 16.0. The Labute approximate surface area is 150 Å². The second kappa shape index (κ2) is 6.71. The van der Waals surface area contributed by atoms with Crippen LogP contribution in [0.3, 0.4) is 0 Å². The molecule has 2 amide bonds. The van der Waals surface area contributed by atoms with Gasteiger partial charge in [0.2, 0.25) is 5.91 Å². The Morgan fingerprint density at radius 2 is 1.81 bits per heavy atom. The van der Waals surface area contributed by atoms with Crippen LogP contribution >= 0.6 is 0 Å². The molecule has 2 aromatic carbocycles. The molecule has 0 radical (unpaired) electrons. The summed E-state index contributed by atoms with van der Waals surface area (Å²) >= 11 is 0. The molecule has 1 unspecified atom stereocenters. The molecule has 5 nitrogen and oxygen atoms in total. The molecule has 0 N–H and O–H groups in total. The molecule has 1 aliphatic rings. The van der Waals surface area contributed by atoms with Crippen molar-refractivity contribution < 1.29 is 23.5 Å². The Hall–Kier alpha value is -3.02. The summed E-state index contributed by atoms with van der Waals surface area (Å²) in [5.74, 6) is -2.12. The number of benzene rings is 2. The van der Waals surface area contributed by atoms with E-state index in [4.69, 9.17) is 4.74 Å². The number of ether oxygens (including phenoxy) is 1. The van der Waals surface area contributed by atoms with E-state index in [1.165, 1.54) is 38.3 Å². The maximum absolute atomic E-state index is 13.2. The first-order valence-electron chi connectivity index (χ1n) is 8.15. The maximum Gasteiger partial charge on any atom is 0.332 e. The van der Waals surface area contributed by atoms with Gasteiger partial charge in [0.15, 0.2) is 0 Å². The molecule has 1 heterocycles. The zero-order valence-electron chi connectivity index (χ0n) is 14.5. The molecule has 134 valence electrons. The third kappa shape index (κ3) is 2.98. The molecule has 6 heteroatoms. The molecule has 2 aromatic rings. The molecule has 1 aliphatic heterocycles. The standard InChI is InChI=1S/C20H18FNO4/c1-20(19(25)26-2,12-13-7-9-15(21)10-8-13)22-17(23)11-14-5-3-4-6-16(14)18(22)24/h3-10H,11-12H2,1-2H3. The van der Waals surface area contributed by atoms with E-state index in [-0.39, 0.29) is 12.8 Å².